The van der Waals surface area contributed by atoms with Gasteiger partial charge in [-0.25, -0.2) is 0 Å². The number of carbonyl (C=O) groups is 1. The molecule has 2 rings (SSSR count). The molecular weight excluding hydrogens is 268 g/mol. The van der Waals surface area contributed by atoms with Crippen LogP contribution in [0.4, 0.5) is 0 Å². The van der Waals surface area contributed by atoms with Crippen molar-refractivity contribution in [1.82, 2.24) is 10.1 Å². The van der Waals surface area contributed by atoms with Gasteiger partial charge in [0.25, 0.3) is 0 Å². The van der Waals surface area contributed by atoms with Crippen LogP contribution in [0, 0.1) is 0 Å². The molecule has 2 aromatic rings. The number of esters is 1. The van der Waals surface area contributed by atoms with E-state index in [1.165, 1.54) is 7.11 Å². The van der Waals surface area contributed by atoms with Crippen molar-refractivity contribution in [3.63, 3.8) is 0 Å². The molecule has 0 amide bonds. The van der Waals surface area contributed by atoms with E-state index >= 15 is 0 Å². The molecule has 0 unspecified atom stereocenters. The first kappa shape index (κ1) is 15.2. The second-order valence-electron chi connectivity index (χ2n) is 4.87. The first-order valence-electron chi connectivity index (χ1n) is 7.24. The van der Waals surface area contributed by atoms with Crippen LogP contribution in [0.1, 0.15) is 38.0 Å². The SMILES string of the molecule is COC(=O)CCCCCCc1nc(-c2ccccc2)no1. The average molecular weight is 288 g/mol. The van der Waals surface area contributed by atoms with Gasteiger partial charge in [0.2, 0.25) is 11.7 Å². The van der Waals surface area contributed by atoms with Gasteiger partial charge >= 0.3 is 5.97 Å². The highest BCUT2D eigenvalue weighted by molar-refractivity contribution is 5.68. The summed E-state index contributed by atoms with van der Waals surface area (Å²) in [5.41, 5.74) is 0.963. The smallest absolute Gasteiger partial charge is 0.305 e. The lowest BCUT2D eigenvalue weighted by atomic mass is 10.1. The Morgan fingerprint density at radius 3 is 2.67 bits per heavy atom. The van der Waals surface area contributed by atoms with Gasteiger partial charge in [-0.1, -0.05) is 48.3 Å². The van der Waals surface area contributed by atoms with Crippen molar-refractivity contribution >= 4 is 5.97 Å². The summed E-state index contributed by atoms with van der Waals surface area (Å²) in [4.78, 5) is 15.3. The van der Waals surface area contributed by atoms with E-state index in [0.29, 0.717) is 18.1 Å². The molecule has 0 spiro atoms. The number of methoxy groups -OCH3 is 1. The van der Waals surface area contributed by atoms with Gasteiger partial charge in [-0.3, -0.25) is 4.79 Å². The highest BCUT2D eigenvalue weighted by Crippen LogP contribution is 2.16. The van der Waals surface area contributed by atoms with E-state index in [0.717, 1.165) is 37.7 Å². The van der Waals surface area contributed by atoms with Crippen molar-refractivity contribution in [2.45, 2.75) is 38.5 Å². The number of nitrogens with zero attached hydrogens (tertiary/aromatic N) is 2. The van der Waals surface area contributed by atoms with Crippen LogP contribution in [0.15, 0.2) is 34.9 Å². The first-order valence-corrected chi connectivity index (χ1v) is 7.24. The summed E-state index contributed by atoms with van der Waals surface area (Å²) < 4.78 is 9.84. The third-order valence-electron chi connectivity index (χ3n) is 3.25. The predicted molar refractivity (Wildman–Crippen MR) is 78.5 cm³/mol. The number of aromatic nitrogens is 2. The van der Waals surface area contributed by atoms with Gasteiger partial charge in [0, 0.05) is 18.4 Å². The third kappa shape index (κ3) is 5.02. The van der Waals surface area contributed by atoms with Crippen LogP contribution < -0.4 is 0 Å². The van der Waals surface area contributed by atoms with Gasteiger partial charge in [0.1, 0.15) is 0 Å². The zero-order valence-corrected chi connectivity index (χ0v) is 12.2. The Balaban J connectivity index is 1.68. The molecule has 0 aliphatic carbocycles. The minimum Gasteiger partial charge on any atom is -0.469 e. The fourth-order valence-electron chi connectivity index (χ4n) is 2.06. The van der Waals surface area contributed by atoms with Crippen LogP contribution in [0.25, 0.3) is 11.4 Å². The number of aryl methyl sites for hydroxylation is 1. The van der Waals surface area contributed by atoms with Crippen molar-refractivity contribution < 1.29 is 14.1 Å². The van der Waals surface area contributed by atoms with E-state index in [2.05, 4.69) is 14.9 Å². The molecule has 0 aliphatic rings. The van der Waals surface area contributed by atoms with Crippen LogP contribution >= 0.6 is 0 Å². The van der Waals surface area contributed by atoms with Crippen molar-refractivity contribution in [3.8, 4) is 11.4 Å². The summed E-state index contributed by atoms with van der Waals surface area (Å²) in [6.45, 7) is 0. The minimum atomic E-state index is -0.139. The van der Waals surface area contributed by atoms with E-state index < -0.39 is 0 Å². The fraction of sp³-hybridized carbons (Fsp3) is 0.438. The highest BCUT2D eigenvalue weighted by atomic mass is 16.5. The summed E-state index contributed by atoms with van der Waals surface area (Å²) in [6, 6.07) is 9.78. The Hall–Kier alpha value is -2.17. The molecule has 1 aromatic heterocycles. The quantitative estimate of drug-likeness (QED) is 0.550. The molecule has 0 atom stereocenters. The second-order valence-corrected chi connectivity index (χ2v) is 4.87. The summed E-state index contributed by atoms with van der Waals surface area (Å²) >= 11 is 0. The third-order valence-corrected chi connectivity index (χ3v) is 3.25. The van der Waals surface area contributed by atoms with Gasteiger partial charge < -0.3 is 9.26 Å². The maximum Gasteiger partial charge on any atom is 0.305 e. The van der Waals surface area contributed by atoms with Crippen LogP contribution in [0.3, 0.4) is 0 Å². The van der Waals surface area contributed by atoms with Crippen molar-refractivity contribution in [2.75, 3.05) is 7.11 Å². The van der Waals surface area contributed by atoms with E-state index in [4.69, 9.17) is 4.52 Å². The molecule has 0 N–H and O–H groups in total. The van der Waals surface area contributed by atoms with Gasteiger partial charge in [-0.15, -0.1) is 0 Å². The maximum atomic E-state index is 10.9. The van der Waals surface area contributed by atoms with Gasteiger partial charge in [-0.05, 0) is 12.8 Å². The molecule has 5 nitrogen and oxygen atoms in total. The van der Waals surface area contributed by atoms with E-state index in [-0.39, 0.29) is 5.97 Å². The standard InChI is InChI=1S/C16H20N2O3/c1-20-15(19)12-8-3-2-7-11-14-17-16(18-21-14)13-9-5-4-6-10-13/h4-6,9-10H,2-3,7-8,11-12H2,1H3. The summed E-state index contributed by atoms with van der Waals surface area (Å²) in [5.74, 6) is 1.16. The molecule has 0 fully saturated rings. The summed E-state index contributed by atoms with van der Waals surface area (Å²) in [5, 5.41) is 3.99. The minimum absolute atomic E-state index is 0.139. The van der Waals surface area contributed by atoms with Gasteiger partial charge in [-0.2, -0.15) is 4.98 Å². The van der Waals surface area contributed by atoms with Crippen LogP contribution in [-0.4, -0.2) is 23.2 Å². The van der Waals surface area contributed by atoms with Crippen LogP contribution in [0.5, 0.6) is 0 Å². The molecule has 1 aromatic carbocycles. The molecule has 0 bridgehead atoms. The Labute approximate surface area is 124 Å². The second kappa shape index (κ2) is 8.19. The Morgan fingerprint density at radius 1 is 1.14 bits per heavy atom. The number of benzene rings is 1. The van der Waals surface area contributed by atoms with E-state index in [9.17, 15) is 4.79 Å². The predicted octanol–water partition coefficient (Wildman–Crippen LogP) is 3.40. The monoisotopic (exact) mass is 288 g/mol. The number of rotatable bonds is 8. The molecule has 0 aliphatic heterocycles. The number of ether oxygens (including phenoxy) is 1. The number of hydrogen-bond donors (Lipinski definition) is 0. The molecule has 1 heterocycles. The fourth-order valence-corrected chi connectivity index (χ4v) is 2.06. The molecular formula is C16H20N2O3. The largest absolute Gasteiger partial charge is 0.469 e. The van der Waals surface area contributed by atoms with Crippen LogP contribution in [0.2, 0.25) is 0 Å². The molecule has 0 saturated carbocycles. The topological polar surface area (TPSA) is 65.2 Å². The molecule has 5 heteroatoms. The lowest BCUT2D eigenvalue weighted by Gasteiger charge is -1.99. The zero-order chi connectivity index (χ0) is 14.9. The summed E-state index contributed by atoms with van der Waals surface area (Å²) in [6.07, 6.45) is 5.17. The molecule has 0 radical (unpaired) electrons. The Bertz CT molecular complexity index is 552. The first-order chi connectivity index (χ1) is 10.3. The maximum absolute atomic E-state index is 10.9. The summed E-state index contributed by atoms with van der Waals surface area (Å²) in [7, 11) is 1.42. The zero-order valence-electron chi connectivity index (χ0n) is 12.2. The molecule has 112 valence electrons. The average Bonchev–Trinajstić information content (AvgIpc) is 3.00. The Kier molecular flexibility index (Phi) is 5.94. The lowest BCUT2D eigenvalue weighted by molar-refractivity contribution is -0.140. The Morgan fingerprint density at radius 2 is 1.90 bits per heavy atom. The lowest BCUT2D eigenvalue weighted by Crippen LogP contribution is -1.99. The van der Waals surface area contributed by atoms with Gasteiger partial charge in [0.15, 0.2) is 0 Å². The van der Waals surface area contributed by atoms with Crippen molar-refractivity contribution in [2.24, 2.45) is 0 Å². The normalized spacial score (nSPS) is 10.5. The number of hydrogen-bond acceptors (Lipinski definition) is 5. The number of carbonyl (C=O) groups excluding carboxylic acids is 1. The van der Waals surface area contributed by atoms with Gasteiger partial charge in [0.05, 0.1) is 7.11 Å². The molecule has 0 saturated heterocycles. The van der Waals surface area contributed by atoms with Crippen molar-refractivity contribution in [1.29, 1.82) is 0 Å². The van der Waals surface area contributed by atoms with E-state index in [1.807, 2.05) is 30.3 Å². The van der Waals surface area contributed by atoms with Crippen LogP contribution in [-0.2, 0) is 16.0 Å². The van der Waals surface area contributed by atoms with Crippen molar-refractivity contribution in [3.05, 3.63) is 36.2 Å². The molecule has 21 heavy (non-hydrogen) atoms. The number of unbranched alkanes of at least 4 members (excludes halogenated alkanes) is 3. The van der Waals surface area contributed by atoms with E-state index in [1.54, 1.807) is 0 Å². The highest BCUT2D eigenvalue weighted by Gasteiger charge is 2.07.